The van der Waals surface area contributed by atoms with Gasteiger partial charge in [0, 0.05) is 4.47 Å². The van der Waals surface area contributed by atoms with Crippen LogP contribution in [0.15, 0.2) is 53.1 Å². The molecule has 8 heteroatoms. The van der Waals surface area contributed by atoms with Crippen LogP contribution >= 0.6 is 15.9 Å². The van der Waals surface area contributed by atoms with E-state index in [9.17, 15) is 8.78 Å². The van der Waals surface area contributed by atoms with Crippen LogP contribution in [-0.4, -0.2) is 15.2 Å². The van der Waals surface area contributed by atoms with E-state index >= 15 is 0 Å². The number of hydrogen-bond acceptors (Lipinski definition) is 5. The van der Waals surface area contributed by atoms with Crippen molar-refractivity contribution in [2.24, 2.45) is 0 Å². The van der Waals surface area contributed by atoms with Crippen molar-refractivity contribution < 1.29 is 8.78 Å². The number of para-hydroxylation sites is 2. The average molecular weight is 378 g/mol. The van der Waals surface area contributed by atoms with Crippen LogP contribution in [0.1, 0.15) is 0 Å². The summed E-state index contributed by atoms with van der Waals surface area (Å²) in [5.74, 6) is -1.12. The maximum atomic E-state index is 13.6. The predicted octanol–water partition coefficient (Wildman–Crippen LogP) is 4.40. The van der Waals surface area contributed by atoms with Gasteiger partial charge in [0.1, 0.15) is 17.3 Å². The highest BCUT2D eigenvalue weighted by Crippen LogP contribution is 2.25. The Kier molecular flexibility index (Phi) is 4.42. The van der Waals surface area contributed by atoms with E-state index in [1.54, 1.807) is 0 Å². The molecule has 0 aliphatic carbocycles. The first-order valence-electron chi connectivity index (χ1n) is 6.56. The second kappa shape index (κ2) is 6.66. The zero-order chi connectivity index (χ0) is 16.2. The second-order valence-electron chi connectivity index (χ2n) is 4.49. The van der Waals surface area contributed by atoms with Crippen molar-refractivity contribution in [3.8, 4) is 0 Å². The third-order valence-corrected chi connectivity index (χ3v) is 3.59. The van der Waals surface area contributed by atoms with Crippen molar-refractivity contribution in [1.82, 2.24) is 15.2 Å². The number of benzene rings is 2. The summed E-state index contributed by atoms with van der Waals surface area (Å²) < 4.78 is 28.1. The predicted molar refractivity (Wildman–Crippen MR) is 86.9 cm³/mol. The molecule has 0 unspecified atom stereocenters. The van der Waals surface area contributed by atoms with Gasteiger partial charge in [0.05, 0.1) is 11.9 Å². The molecule has 0 saturated carbocycles. The summed E-state index contributed by atoms with van der Waals surface area (Å²) in [4.78, 5) is 4.14. The van der Waals surface area contributed by atoms with Crippen LogP contribution in [0.4, 0.5) is 31.9 Å². The molecule has 1 aromatic heterocycles. The molecule has 5 nitrogen and oxygen atoms in total. The van der Waals surface area contributed by atoms with Gasteiger partial charge >= 0.3 is 0 Å². The van der Waals surface area contributed by atoms with Gasteiger partial charge in [-0.1, -0.05) is 18.2 Å². The van der Waals surface area contributed by atoms with E-state index in [4.69, 9.17) is 0 Å². The van der Waals surface area contributed by atoms with Crippen LogP contribution in [0.25, 0.3) is 0 Å². The Morgan fingerprint density at radius 1 is 0.913 bits per heavy atom. The van der Waals surface area contributed by atoms with E-state index in [1.807, 2.05) is 24.3 Å². The highest BCUT2D eigenvalue weighted by molar-refractivity contribution is 9.10. The topological polar surface area (TPSA) is 62.7 Å². The van der Waals surface area contributed by atoms with Crippen LogP contribution in [0.3, 0.4) is 0 Å². The minimum atomic E-state index is -0.738. The Bertz CT molecular complexity index is 823. The Balaban J connectivity index is 1.84. The number of anilines is 4. The third-order valence-electron chi connectivity index (χ3n) is 2.89. The van der Waals surface area contributed by atoms with Gasteiger partial charge in [-0.3, -0.25) is 0 Å². The number of nitrogens with one attached hydrogen (secondary N) is 2. The molecule has 0 saturated heterocycles. The maximum absolute atomic E-state index is 13.6. The fourth-order valence-electron chi connectivity index (χ4n) is 1.85. The first-order valence-corrected chi connectivity index (χ1v) is 7.35. The minimum absolute atomic E-state index is 0.0222. The molecule has 116 valence electrons. The quantitative estimate of drug-likeness (QED) is 0.705. The monoisotopic (exact) mass is 377 g/mol. The molecule has 2 N–H and O–H groups in total. The summed E-state index contributed by atoms with van der Waals surface area (Å²) in [5.41, 5.74) is 0.448. The van der Waals surface area contributed by atoms with E-state index in [-0.39, 0.29) is 11.6 Å². The largest absolute Gasteiger partial charge is 0.338 e. The molecule has 3 aromatic rings. The summed E-state index contributed by atoms with van der Waals surface area (Å²) in [6, 6.07) is 11.0. The van der Waals surface area contributed by atoms with Crippen molar-refractivity contribution in [2.75, 3.05) is 10.6 Å². The first-order chi connectivity index (χ1) is 11.1. The van der Waals surface area contributed by atoms with E-state index in [0.717, 1.165) is 22.3 Å². The molecule has 3 rings (SSSR count). The molecule has 1 heterocycles. The fourth-order valence-corrected chi connectivity index (χ4v) is 2.23. The molecular weight excluding hydrogens is 368 g/mol. The van der Waals surface area contributed by atoms with Crippen molar-refractivity contribution in [3.05, 3.63) is 64.8 Å². The Hall–Kier alpha value is -2.61. The van der Waals surface area contributed by atoms with Crippen molar-refractivity contribution >= 4 is 39.1 Å². The first kappa shape index (κ1) is 15.3. The van der Waals surface area contributed by atoms with Gasteiger partial charge in [0.2, 0.25) is 5.95 Å². The van der Waals surface area contributed by atoms with E-state index < -0.39 is 11.6 Å². The van der Waals surface area contributed by atoms with Gasteiger partial charge in [-0.25, -0.2) is 8.78 Å². The number of aromatic nitrogens is 3. The van der Waals surface area contributed by atoms with Gasteiger partial charge in [-0.05, 0) is 40.2 Å². The summed E-state index contributed by atoms with van der Waals surface area (Å²) in [6.45, 7) is 0. The highest BCUT2D eigenvalue weighted by Gasteiger charge is 2.11. The average Bonchev–Trinajstić information content (AvgIpc) is 2.54. The normalized spacial score (nSPS) is 10.4. The van der Waals surface area contributed by atoms with Crippen LogP contribution in [-0.2, 0) is 0 Å². The fraction of sp³-hybridized carbons (Fsp3) is 0. The van der Waals surface area contributed by atoms with Gasteiger partial charge in [-0.15, -0.1) is 5.10 Å². The molecular formula is C15H10BrF2N5. The van der Waals surface area contributed by atoms with E-state index in [1.165, 1.54) is 12.3 Å². The molecule has 0 radical (unpaired) electrons. The zero-order valence-corrected chi connectivity index (χ0v) is 13.2. The van der Waals surface area contributed by atoms with Crippen molar-refractivity contribution in [2.45, 2.75) is 0 Å². The molecule has 23 heavy (non-hydrogen) atoms. The molecule has 0 bridgehead atoms. The highest BCUT2D eigenvalue weighted by atomic mass is 79.9. The molecule has 0 atom stereocenters. The number of nitrogens with zero attached hydrogens (tertiary/aromatic N) is 3. The summed E-state index contributed by atoms with van der Waals surface area (Å²) in [5, 5.41) is 13.0. The SMILES string of the molecule is Fc1cccc(F)c1Nc1nncc(Nc2ccccc2Br)n1. The lowest BCUT2D eigenvalue weighted by atomic mass is 10.3. The molecule has 0 amide bonds. The molecule has 0 aliphatic rings. The van der Waals surface area contributed by atoms with Gasteiger partial charge in [0.25, 0.3) is 0 Å². The van der Waals surface area contributed by atoms with E-state index in [0.29, 0.717) is 5.82 Å². The van der Waals surface area contributed by atoms with Crippen molar-refractivity contribution in [3.63, 3.8) is 0 Å². The van der Waals surface area contributed by atoms with Crippen LogP contribution in [0.5, 0.6) is 0 Å². The Morgan fingerprint density at radius 2 is 1.65 bits per heavy atom. The van der Waals surface area contributed by atoms with Gasteiger partial charge in [0.15, 0.2) is 5.82 Å². The maximum Gasteiger partial charge on any atom is 0.249 e. The Morgan fingerprint density at radius 3 is 2.39 bits per heavy atom. The van der Waals surface area contributed by atoms with Gasteiger partial charge in [-0.2, -0.15) is 10.1 Å². The van der Waals surface area contributed by atoms with Crippen molar-refractivity contribution in [1.29, 1.82) is 0 Å². The lowest BCUT2D eigenvalue weighted by molar-refractivity contribution is 0.590. The second-order valence-corrected chi connectivity index (χ2v) is 5.35. The Labute approximate surface area is 138 Å². The summed E-state index contributed by atoms with van der Waals surface area (Å²) in [7, 11) is 0. The number of hydrogen-bond donors (Lipinski definition) is 2. The zero-order valence-electron chi connectivity index (χ0n) is 11.6. The number of halogens is 3. The molecule has 2 aromatic carbocycles. The molecule has 0 aliphatic heterocycles. The van der Waals surface area contributed by atoms with E-state index in [2.05, 4.69) is 41.7 Å². The van der Waals surface area contributed by atoms with Crippen LogP contribution in [0, 0.1) is 11.6 Å². The van der Waals surface area contributed by atoms with Crippen LogP contribution < -0.4 is 10.6 Å². The molecule has 0 fully saturated rings. The lowest BCUT2D eigenvalue weighted by Crippen LogP contribution is -2.05. The molecule has 0 spiro atoms. The summed E-state index contributed by atoms with van der Waals surface area (Å²) in [6.07, 6.45) is 1.41. The standard InChI is InChI=1S/C15H10BrF2N5/c16-9-4-1-2-7-12(9)20-13-8-19-23-15(21-13)22-14-10(17)5-3-6-11(14)18/h1-8H,(H2,20,21,22,23). The third kappa shape index (κ3) is 3.59. The lowest BCUT2D eigenvalue weighted by Gasteiger charge is -2.09. The minimum Gasteiger partial charge on any atom is -0.338 e. The van der Waals surface area contributed by atoms with Gasteiger partial charge < -0.3 is 10.6 Å². The number of rotatable bonds is 4. The summed E-state index contributed by atoms with van der Waals surface area (Å²) >= 11 is 3.40. The van der Waals surface area contributed by atoms with Crippen LogP contribution in [0.2, 0.25) is 0 Å². The smallest absolute Gasteiger partial charge is 0.249 e.